The van der Waals surface area contributed by atoms with Crippen LogP contribution in [0.5, 0.6) is 0 Å². The third-order valence-corrected chi connectivity index (χ3v) is 5.45. The van der Waals surface area contributed by atoms with Crippen LogP contribution in [-0.2, 0) is 19.9 Å². The van der Waals surface area contributed by atoms with E-state index in [-0.39, 0.29) is 11.5 Å². The Hall–Kier alpha value is -2.73. The fourth-order valence-corrected chi connectivity index (χ4v) is 3.92. The summed E-state index contributed by atoms with van der Waals surface area (Å²) in [6.45, 7) is -0.481. The first-order valence-electron chi connectivity index (χ1n) is 9.10. The molecule has 1 aromatic carbocycles. The molecule has 0 spiro atoms. The standard InChI is InChI=1S/C21H21ClN2O4/c1-24(19(26)14-28-20(27)17-10-5-7-13-23-17)21(12-6-4-11-18(21)25)15-8-2-3-9-16(15)22/h2-3,5,7-10,13H,4,6,11-12,14H2,1H3/t21-/m1/s1. The number of ketones is 1. The molecule has 3 rings (SSSR count). The Morgan fingerprint density at radius 2 is 1.93 bits per heavy atom. The largest absolute Gasteiger partial charge is 0.451 e. The van der Waals surface area contributed by atoms with E-state index in [4.69, 9.17) is 16.3 Å². The van der Waals surface area contributed by atoms with Gasteiger partial charge in [0.1, 0.15) is 11.2 Å². The lowest BCUT2D eigenvalue weighted by molar-refractivity contribution is -0.150. The third-order valence-electron chi connectivity index (χ3n) is 5.12. The van der Waals surface area contributed by atoms with Crippen molar-refractivity contribution in [1.29, 1.82) is 0 Å². The summed E-state index contributed by atoms with van der Waals surface area (Å²) in [6.07, 6.45) is 3.89. The topological polar surface area (TPSA) is 76.6 Å². The molecule has 1 atom stereocenters. The number of carbonyl (C=O) groups is 3. The summed E-state index contributed by atoms with van der Waals surface area (Å²) in [7, 11) is 1.56. The SMILES string of the molecule is CN(C(=O)COC(=O)c1ccccn1)[C@@]1(c2ccccc2Cl)CCCCC1=O. The van der Waals surface area contributed by atoms with E-state index in [0.717, 1.165) is 12.8 Å². The molecule has 1 heterocycles. The predicted octanol–water partition coefficient (Wildman–Crippen LogP) is 3.39. The van der Waals surface area contributed by atoms with Crippen molar-refractivity contribution in [2.24, 2.45) is 0 Å². The fourth-order valence-electron chi connectivity index (χ4n) is 3.62. The average molecular weight is 401 g/mol. The number of benzene rings is 1. The lowest BCUT2D eigenvalue weighted by Gasteiger charge is -2.43. The van der Waals surface area contributed by atoms with E-state index >= 15 is 0 Å². The molecule has 0 bridgehead atoms. The van der Waals surface area contributed by atoms with Crippen LogP contribution in [0.2, 0.25) is 5.02 Å². The average Bonchev–Trinajstić information content (AvgIpc) is 2.73. The number of hydrogen-bond donors (Lipinski definition) is 0. The monoisotopic (exact) mass is 400 g/mol. The van der Waals surface area contributed by atoms with E-state index in [0.29, 0.717) is 23.4 Å². The van der Waals surface area contributed by atoms with Gasteiger partial charge in [0.2, 0.25) is 0 Å². The van der Waals surface area contributed by atoms with Crippen LogP contribution < -0.4 is 0 Å². The second-order valence-corrected chi connectivity index (χ2v) is 7.12. The van der Waals surface area contributed by atoms with Crippen LogP contribution in [0, 0.1) is 0 Å². The van der Waals surface area contributed by atoms with Crippen molar-refractivity contribution in [2.45, 2.75) is 31.2 Å². The molecule has 1 amide bonds. The van der Waals surface area contributed by atoms with Crippen molar-refractivity contribution in [3.63, 3.8) is 0 Å². The number of likely N-dealkylation sites (N-methyl/N-ethyl adjacent to an activating group) is 1. The first-order valence-corrected chi connectivity index (χ1v) is 9.48. The summed E-state index contributed by atoms with van der Waals surface area (Å²) in [5, 5.41) is 0.433. The van der Waals surface area contributed by atoms with Gasteiger partial charge in [-0.15, -0.1) is 0 Å². The number of nitrogens with zero attached hydrogens (tertiary/aromatic N) is 2. The van der Waals surface area contributed by atoms with E-state index in [9.17, 15) is 14.4 Å². The maximum absolute atomic E-state index is 13.0. The number of pyridine rings is 1. The lowest BCUT2D eigenvalue weighted by Crippen LogP contribution is -2.55. The van der Waals surface area contributed by atoms with E-state index in [1.807, 2.05) is 0 Å². The number of rotatable bonds is 5. The lowest BCUT2D eigenvalue weighted by atomic mass is 9.74. The predicted molar refractivity (Wildman–Crippen MR) is 104 cm³/mol. The molecule has 0 radical (unpaired) electrons. The Kier molecular flexibility index (Phi) is 6.09. The minimum Gasteiger partial charge on any atom is -0.451 e. The number of aromatic nitrogens is 1. The number of hydrogen-bond acceptors (Lipinski definition) is 5. The van der Waals surface area contributed by atoms with Crippen molar-refractivity contribution in [3.8, 4) is 0 Å². The first kappa shape index (κ1) is 20.0. The van der Waals surface area contributed by atoms with Crippen molar-refractivity contribution in [2.75, 3.05) is 13.7 Å². The highest BCUT2D eigenvalue weighted by atomic mass is 35.5. The molecule has 0 aliphatic heterocycles. The van der Waals surface area contributed by atoms with Gasteiger partial charge in [-0.2, -0.15) is 0 Å². The number of esters is 1. The van der Waals surface area contributed by atoms with E-state index in [1.54, 1.807) is 43.4 Å². The van der Waals surface area contributed by atoms with Gasteiger partial charge in [0.05, 0.1) is 0 Å². The van der Waals surface area contributed by atoms with Gasteiger partial charge in [0.15, 0.2) is 12.4 Å². The second-order valence-electron chi connectivity index (χ2n) is 6.71. The Morgan fingerprint density at radius 3 is 2.61 bits per heavy atom. The summed E-state index contributed by atoms with van der Waals surface area (Å²) in [5.41, 5.74) is -0.425. The molecular formula is C21H21ClN2O4. The number of carbonyl (C=O) groups excluding carboxylic acids is 3. The normalized spacial score (nSPS) is 19.1. The molecule has 0 N–H and O–H groups in total. The Labute approximate surface area is 168 Å². The Bertz CT molecular complexity index is 887. The zero-order valence-electron chi connectivity index (χ0n) is 15.6. The minimum absolute atomic E-state index is 0.0567. The highest BCUT2D eigenvalue weighted by Crippen LogP contribution is 2.42. The number of ether oxygens (including phenoxy) is 1. The van der Waals surface area contributed by atoms with Gasteiger partial charge >= 0.3 is 5.97 Å². The van der Waals surface area contributed by atoms with E-state index in [1.165, 1.54) is 17.2 Å². The number of amides is 1. The molecule has 1 aliphatic rings. The quantitative estimate of drug-likeness (QED) is 0.719. The second kappa shape index (κ2) is 8.52. The van der Waals surface area contributed by atoms with Gasteiger partial charge in [0.25, 0.3) is 5.91 Å². The van der Waals surface area contributed by atoms with Crippen LogP contribution in [0.3, 0.4) is 0 Å². The molecule has 1 aliphatic carbocycles. The van der Waals surface area contributed by atoms with Crippen molar-refractivity contribution in [3.05, 3.63) is 64.9 Å². The smallest absolute Gasteiger partial charge is 0.357 e. The summed E-state index contributed by atoms with van der Waals surface area (Å²) in [6, 6.07) is 11.9. The Balaban J connectivity index is 1.82. The Morgan fingerprint density at radius 1 is 1.18 bits per heavy atom. The van der Waals surface area contributed by atoms with Gasteiger partial charge in [-0.05, 0) is 37.5 Å². The van der Waals surface area contributed by atoms with Gasteiger partial charge in [-0.25, -0.2) is 9.78 Å². The summed E-state index contributed by atoms with van der Waals surface area (Å²) < 4.78 is 5.11. The molecule has 0 saturated heterocycles. The first-order chi connectivity index (χ1) is 13.5. The minimum atomic E-state index is -1.15. The molecule has 2 aromatic rings. The molecule has 28 heavy (non-hydrogen) atoms. The van der Waals surface area contributed by atoms with Crippen LogP contribution in [0.15, 0.2) is 48.7 Å². The fraction of sp³-hybridized carbons (Fsp3) is 0.333. The number of halogens is 1. The van der Waals surface area contributed by atoms with Crippen molar-refractivity contribution in [1.82, 2.24) is 9.88 Å². The van der Waals surface area contributed by atoms with Crippen LogP contribution in [-0.4, -0.2) is 41.2 Å². The van der Waals surface area contributed by atoms with Crippen LogP contribution >= 0.6 is 11.6 Å². The molecule has 1 fully saturated rings. The van der Waals surface area contributed by atoms with Crippen LogP contribution in [0.4, 0.5) is 0 Å². The maximum Gasteiger partial charge on any atom is 0.357 e. The molecule has 6 nitrogen and oxygen atoms in total. The zero-order valence-corrected chi connectivity index (χ0v) is 16.3. The summed E-state index contributed by atoms with van der Waals surface area (Å²) in [4.78, 5) is 43.2. The van der Waals surface area contributed by atoms with E-state index in [2.05, 4.69) is 4.98 Å². The summed E-state index contributed by atoms with van der Waals surface area (Å²) in [5.74, 6) is -1.22. The molecule has 146 valence electrons. The number of Topliss-reactive ketones (excluding diaryl/α,β-unsaturated/α-hetero) is 1. The zero-order chi connectivity index (χ0) is 20.1. The van der Waals surface area contributed by atoms with Crippen LogP contribution in [0.1, 0.15) is 41.7 Å². The van der Waals surface area contributed by atoms with Gasteiger partial charge in [-0.3, -0.25) is 9.59 Å². The summed E-state index contributed by atoms with van der Waals surface area (Å²) >= 11 is 6.38. The van der Waals surface area contributed by atoms with Gasteiger partial charge in [0, 0.05) is 30.3 Å². The molecule has 7 heteroatoms. The molecule has 1 aromatic heterocycles. The highest BCUT2D eigenvalue weighted by molar-refractivity contribution is 6.31. The highest BCUT2D eigenvalue weighted by Gasteiger charge is 2.48. The van der Waals surface area contributed by atoms with Gasteiger partial charge in [-0.1, -0.05) is 35.9 Å². The maximum atomic E-state index is 13.0. The van der Waals surface area contributed by atoms with Crippen molar-refractivity contribution >= 4 is 29.3 Å². The van der Waals surface area contributed by atoms with E-state index < -0.39 is 24.0 Å². The van der Waals surface area contributed by atoms with Gasteiger partial charge < -0.3 is 9.64 Å². The molecular weight excluding hydrogens is 380 g/mol. The molecule has 0 unspecified atom stereocenters. The van der Waals surface area contributed by atoms with Crippen LogP contribution in [0.25, 0.3) is 0 Å². The van der Waals surface area contributed by atoms with Crippen molar-refractivity contribution < 1.29 is 19.1 Å². The third kappa shape index (κ3) is 3.78. The molecule has 1 saturated carbocycles.